The zero-order valence-corrected chi connectivity index (χ0v) is 15.4. The minimum atomic E-state index is -0.193. The van der Waals surface area contributed by atoms with Crippen molar-refractivity contribution in [2.24, 2.45) is 0 Å². The summed E-state index contributed by atoms with van der Waals surface area (Å²) in [6.45, 7) is 2.31. The zero-order valence-electron chi connectivity index (χ0n) is 15.4. The monoisotopic (exact) mass is 372 g/mol. The lowest BCUT2D eigenvalue weighted by atomic mass is 10.00. The Morgan fingerprint density at radius 2 is 1.96 bits per heavy atom. The molecule has 5 heteroatoms. The summed E-state index contributed by atoms with van der Waals surface area (Å²) < 4.78 is 14.0. The van der Waals surface area contributed by atoms with E-state index in [1.54, 1.807) is 18.3 Å². The van der Waals surface area contributed by atoms with Crippen LogP contribution >= 0.6 is 0 Å². The third-order valence-electron chi connectivity index (χ3n) is 5.30. The summed E-state index contributed by atoms with van der Waals surface area (Å²) in [5, 5.41) is 7.89. The predicted molar refractivity (Wildman–Crippen MR) is 111 cm³/mol. The van der Waals surface area contributed by atoms with Gasteiger partial charge >= 0.3 is 0 Å². The Hall–Kier alpha value is -3.18. The first-order valence-corrected chi connectivity index (χ1v) is 9.56. The maximum absolute atomic E-state index is 14.0. The van der Waals surface area contributed by atoms with Gasteiger partial charge in [-0.15, -0.1) is 0 Å². The highest BCUT2D eigenvalue weighted by Crippen LogP contribution is 2.34. The van der Waals surface area contributed by atoms with Crippen molar-refractivity contribution in [1.29, 1.82) is 0 Å². The smallest absolute Gasteiger partial charge is 0.126 e. The molecular formula is C23H21FN4. The number of aromatic amines is 1. The summed E-state index contributed by atoms with van der Waals surface area (Å²) in [5.74, 6) is 0.673. The quantitative estimate of drug-likeness (QED) is 0.490. The van der Waals surface area contributed by atoms with Crippen molar-refractivity contribution in [1.82, 2.24) is 15.3 Å². The maximum Gasteiger partial charge on any atom is 0.126 e. The topological polar surface area (TPSA) is 52.7 Å². The molecule has 0 unspecified atom stereocenters. The van der Waals surface area contributed by atoms with Gasteiger partial charge in [0.2, 0.25) is 0 Å². The highest BCUT2D eigenvalue weighted by Gasteiger charge is 2.19. The van der Waals surface area contributed by atoms with Gasteiger partial charge in [0.25, 0.3) is 0 Å². The lowest BCUT2D eigenvalue weighted by Crippen LogP contribution is -2.14. The van der Waals surface area contributed by atoms with Gasteiger partial charge < -0.3 is 15.6 Å². The number of anilines is 1. The van der Waals surface area contributed by atoms with Crippen LogP contribution in [0, 0.1) is 5.82 Å². The molecule has 3 heterocycles. The number of hydrogen-bond donors (Lipinski definition) is 3. The second-order valence-corrected chi connectivity index (χ2v) is 7.16. The van der Waals surface area contributed by atoms with Crippen LogP contribution in [0.3, 0.4) is 0 Å². The summed E-state index contributed by atoms with van der Waals surface area (Å²) >= 11 is 0. The van der Waals surface area contributed by atoms with E-state index in [2.05, 4.69) is 44.9 Å². The Labute approximate surface area is 162 Å². The summed E-state index contributed by atoms with van der Waals surface area (Å²) in [5.41, 5.74) is 6.58. The first-order chi connectivity index (χ1) is 13.8. The van der Waals surface area contributed by atoms with Gasteiger partial charge in [0.05, 0.1) is 0 Å². The molecule has 2 aromatic heterocycles. The minimum absolute atomic E-state index is 0.193. The van der Waals surface area contributed by atoms with Crippen molar-refractivity contribution in [3.05, 3.63) is 83.3 Å². The summed E-state index contributed by atoms with van der Waals surface area (Å²) in [4.78, 5) is 7.75. The van der Waals surface area contributed by atoms with Gasteiger partial charge in [-0.3, -0.25) is 0 Å². The van der Waals surface area contributed by atoms with Crippen LogP contribution in [0.4, 0.5) is 10.2 Å². The van der Waals surface area contributed by atoms with Crippen molar-refractivity contribution in [2.45, 2.75) is 19.5 Å². The average molecular weight is 372 g/mol. The number of rotatable bonds is 4. The van der Waals surface area contributed by atoms with E-state index in [1.807, 2.05) is 18.2 Å². The van der Waals surface area contributed by atoms with Gasteiger partial charge in [-0.1, -0.05) is 30.3 Å². The Morgan fingerprint density at radius 1 is 1.07 bits per heavy atom. The van der Waals surface area contributed by atoms with E-state index in [1.165, 1.54) is 16.5 Å². The summed E-state index contributed by atoms with van der Waals surface area (Å²) in [6.07, 6.45) is 2.71. The molecule has 2 aromatic carbocycles. The molecule has 1 aliphatic rings. The maximum atomic E-state index is 14.0. The Kier molecular flexibility index (Phi) is 4.29. The highest BCUT2D eigenvalue weighted by atomic mass is 19.1. The molecule has 0 bridgehead atoms. The van der Waals surface area contributed by atoms with Gasteiger partial charge in [-0.25, -0.2) is 9.37 Å². The number of halogens is 1. The van der Waals surface area contributed by atoms with Crippen LogP contribution in [0.2, 0.25) is 0 Å². The summed E-state index contributed by atoms with van der Waals surface area (Å²) in [7, 11) is 0. The van der Waals surface area contributed by atoms with Crippen LogP contribution in [-0.4, -0.2) is 16.5 Å². The zero-order chi connectivity index (χ0) is 18.9. The van der Waals surface area contributed by atoms with Crippen LogP contribution < -0.4 is 10.6 Å². The highest BCUT2D eigenvalue weighted by molar-refractivity contribution is 5.93. The van der Waals surface area contributed by atoms with E-state index in [0.29, 0.717) is 6.54 Å². The van der Waals surface area contributed by atoms with Gasteiger partial charge in [-0.05, 0) is 59.5 Å². The number of H-pyrrole nitrogens is 1. The number of benzene rings is 2. The average Bonchev–Trinajstić information content (AvgIpc) is 2.95. The molecule has 4 aromatic rings. The molecule has 0 fully saturated rings. The molecule has 140 valence electrons. The molecule has 5 rings (SSSR count). The third kappa shape index (κ3) is 3.14. The molecule has 0 atom stereocenters. The first-order valence-electron chi connectivity index (χ1n) is 9.56. The van der Waals surface area contributed by atoms with E-state index in [4.69, 9.17) is 0 Å². The number of nitrogens with one attached hydrogen (secondary N) is 3. The molecule has 0 amide bonds. The number of hydrogen-bond acceptors (Lipinski definition) is 3. The molecule has 28 heavy (non-hydrogen) atoms. The SMILES string of the molecule is Fc1cc2c3c(c(-c4ccc(CNc5ccccn5)cc4)[nH]c3c1)CCNC2. The minimum Gasteiger partial charge on any atom is -0.366 e. The third-order valence-corrected chi connectivity index (χ3v) is 5.30. The van der Waals surface area contributed by atoms with E-state index in [-0.39, 0.29) is 5.82 Å². The first kappa shape index (κ1) is 17.0. The van der Waals surface area contributed by atoms with Gasteiger partial charge in [-0.2, -0.15) is 0 Å². The molecule has 0 radical (unpaired) electrons. The molecular weight excluding hydrogens is 351 g/mol. The Bertz CT molecular complexity index is 1120. The van der Waals surface area contributed by atoms with E-state index in [0.717, 1.165) is 47.7 Å². The molecule has 0 aliphatic carbocycles. The normalized spacial score (nSPS) is 13.5. The van der Waals surface area contributed by atoms with E-state index < -0.39 is 0 Å². The lowest BCUT2D eigenvalue weighted by Gasteiger charge is -2.08. The predicted octanol–water partition coefficient (Wildman–Crippen LogP) is 4.63. The van der Waals surface area contributed by atoms with E-state index in [9.17, 15) is 4.39 Å². The van der Waals surface area contributed by atoms with Gasteiger partial charge in [0.1, 0.15) is 11.6 Å². The molecule has 3 N–H and O–H groups in total. The standard InChI is InChI=1S/C23H21FN4/c24-18-11-17-14-25-10-8-19-22(17)20(12-18)28-23(19)16-6-4-15(5-7-16)13-27-21-3-1-2-9-26-21/h1-7,9,11-12,25,28H,8,10,13-14H2,(H,26,27). The number of pyridine rings is 1. The van der Waals surface area contributed by atoms with Crippen LogP contribution in [0.15, 0.2) is 60.8 Å². The van der Waals surface area contributed by atoms with Crippen LogP contribution in [0.5, 0.6) is 0 Å². The second kappa shape index (κ2) is 7.09. The van der Waals surface area contributed by atoms with Crippen LogP contribution in [0.25, 0.3) is 22.2 Å². The van der Waals surface area contributed by atoms with Crippen molar-refractivity contribution >= 4 is 16.7 Å². The van der Waals surface area contributed by atoms with Crippen LogP contribution in [-0.2, 0) is 19.5 Å². The fraction of sp³-hybridized carbons (Fsp3) is 0.174. The van der Waals surface area contributed by atoms with Gasteiger partial charge in [0, 0.05) is 35.9 Å². The molecule has 0 saturated carbocycles. The Balaban J connectivity index is 1.46. The Morgan fingerprint density at radius 3 is 2.79 bits per heavy atom. The van der Waals surface area contributed by atoms with Crippen molar-refractivity contribution in [2.75, 3.05) is 11.9 Å². The van der Waals surface area contributed by atoms with E-state index >= 15 is 0 Å². The molecule has 0 spiro atoms. The van der Waals surface area contributed by atoms with Crippen molar-refractivity contribution in [3.63, 3.8) is 0 Å². The molecule has 1 aliphatic heterocycles. The second-order valence-electron chi connectivity index (χ2n) is 7.16. The fourth-order valence-corrected chi connectivity index (χ4v) is 3.97. The van der Waals surface area contributed by atoms with Crippen LogP contribution in [0.1, 0.15) is 16.7 Å². The van der Waals surface area contributed by atoms with Crippen molar-refractivity contribution in [3.8, 4) is 11.3 Å². The van der Waals surface area contributed by atoms with Gasteiger partial charge in [0.15, 0.2) is 0 Å². The summed E-state index contributed by atoms with van der Waals surface area (Å²) in [6, 6.07) is 17.6. The fourth-order valence-electron chi connectivity index (χ4n) is 3.97. The number of aromatic nitrogens is 2. The molecule has 4 nitrogen and oxygen atoms in total. The number of nitrogens with zero attached hydrogens (tertiary/aromatic N) is 1. The largest absolute Gasteiger partial charge is 0.366 e. The molecule has 0 saturated heterocycles. The van der Waals surface area contributed by atoms with Crippen molar-refractivity contribution < 1.29 is 4.39 Å². The lowest BCUT2D eigenvalue weighted by molar-refractivity contribution is 0.624.